The van der Waals surface area contributed by atoms with Gasteiger partial charge in [0.05, 0.1) is 6.61 Å². The van der Waals surface area contributed by atoms with Crippen molar-refractivity contribution in [1.82, 2.24) is 10.2 Å². The van der Waals surface area contributed by atoms with Crippen molar-refractivity contribution >= 4 is 0 Å². The van der Waals surface area contributed by atoms with Crippen LogP contribution in [0.25, 0.3) is 0 Å². The van der Waals surface area contributed by atoms with Gasteiger partial charge in [-0.25, -0.2) is 0 Å². The standard InChI is InChI=1S/C13H26N2O/c1-2-15-7-3-4-13(5-8-15)14-10-12-6-9-16-11-12/h12-14H,2-11H2,1H3. The van der Waals surface area contributed by atoms with Gasteiger partial charge >= 0.3 is 0 Å². The van der Waals surface area contributed by atoms with E-state index in [1.54, 1.807) is 0 Å². The van der Waals surface area contributed by atoms with Crippen molar-refractivity contribution in [3.63, 3.8) is 0 Å². The Kier molecular flexibility index (Phi) is 5.07. The SMILES string of the molecule is CCN1CCCC(NCC2CCOC2)CC1. The lowest BCUT2D eigenvalue weighted by Crippen LogP contribution is -2.34. The van der Waals surface area contributed by atoms with E-state index in [-0.39, 0.29) is 0 Å². The maximum absolute atomic E-state index is 5.41. The van der Waals surface area contributed by atoms with Gasteiger partial charge in [-0.1, -0.05) is 6.92 Å². The smallest absolute Gasteiger partial charge is 0.0507 e. The van der Waals surface area contributed by atoms with Crippen molar-refractivity contribution in [3.05, 3.63) is 0 Å². The number of likely N-dealkylation sites (tertiary alicyclic amines) is 1. The molecule has 0 aliphatic carbocycles. The summed E-state index contributed by atoms with van der Waals surface area (Å²) in [5.74, 6) is 0.769. The van der Waals surface area contributed by atoms with Gasteiger partial charge in [-0.05, 0) is 51.2 Å². The van der Waals surface area contributed by atoms with Gasteiger partial charge in [0.15, 0.2) is 0 Å². The van der Waals surface area contributed by atoms with Crippen molar-refractivity contribution < 1.29 is 4.74 Å². The zero-order valence-corrected chi connectivity index (χ0v) is 10.6. The van der Waals surface area contributed by atoms with Crippen LogP contribution in [0.15, 0.2) is 0 Å². The van der Waals surface area contributed by atoms with E-state index in [4.69, 9.17) is 4.74 Å². The Morgan fingerprint density at radius 2 is 2.19 bits per heavy atom. The first-order valence-electron chi connectivity index (χ1n) is 6.92. The highest BCUT2D eigenvalue weighted by atomic mass is 16.5. The Morgan fingerprint density at radius 3 is 2.94 bits per heavy atom. The molecule has 2 saturated heterocycles. The van der Waals surface area contributed by atoms with E-state index in [1.807, 2.05) is 0 Å². The molecule has 2 aliphatic heterocycles. The van der Waals surface area contributed by atoms with Gasteiger partial charge < -0.3 is 15.0 Å². The normalized spacial score (nSPS) is 32.8. The molecule has 0 aromatic carbocycles. The van der Waals surface area contributed by atoms with Gasteiger partial charge in [-0.15, -0.1) is 0 Å². The average Bonchev–Trinajstić information content (AvgIpc) is 2.72. The van der Waals surface area contributed by atoms with E-state index in [0.29, 0.717) is 0 Å². The molecular formula is C13H26N2O. The second-order valence-electron chi connectivity index (χ2n) is 5.20. The summed E-state index contributed by atoms with van der Waals surface area (Å²) in [6.45, 7) is 9.15. The molecule has 0 aromatic heterocycles. The number of rotatable bonds is 4. The summed E-state index contributed by atoms with van der Waals surface area (Å²) in [5.41, 5.74) is 0. The highest BCUT2D eigenvalue weighted by molar-refractivity contribution is 4.76. The molecule has 0 radical (unpaired) electrons. The van der Waals surface area contributed by atoms with Crippen LogP contribution in [0.1, 0.15) is 32.6 Å². The van der Waals surface area contributed by atoms with Crippen LogP contribution in [0.2, 0.25) is 0 Å². The van der Waals surface area contributed by atoms with Gasteiger partial charge in [-0.3, -0.25) is 0 Å². The minimum atomic E-state index is 0.747. The molecule has 0 amide bonds. The molecule has 2 unspecified atom stereocenters. The quantitative estimate of drug-likeness (QED) is 0.786. The first-order chi connectivity index (χ1) is 7.88. The Labute approximate surface area is 99.5 Å². The minimum Gasteiger partial charge on any atom is -0.381 e. The van der Waals surface area contributed by atoms with Crippen LogP contribution >= 0.6 is 0 Å². The van der Waals surface area contributed by atoms with Gasteiger partial charge in [0.25, 0.3) is 0 Å². The molecular weight excluding hydrogens is 200 g/mol. The summed E-state index contributed by atoms with van der Waals surface area (Å²) in [7, 11) is 0. The molecule has 2 fully saturated rings. The summed E-state index contributed by atoms with van der Waals surface area (Å²) in [5, 5.41) is 3.74. The van der Waals surface area contributed by atoms with Crippen molar-refractivity contribution in [3.8, 4) is 0 Å². The molecule has 0 bridgehead atoms. The van der Waals surface area contributed by atoms with E-state index in [2.05, 4.69) is 17.1 Å². The van der Waals surface area contributed by atoms with E-state index in [1.165, 1.54) is 45.3 Å². The fraction of sp³-hybridized carbons (Fsp3) is 1.00. The second-order valence-corrected chi connectivity index (χ2v) is 5.20. The van der Waals surface area contributed by atoms with E-state index in [0.717, 1.165) is 31.7 Å². The monoisotopic (exact) mass is 226 g/mol. The highest BCUT2D eigenvalue weighted by Gasteiger charge is 2.19. The van der Waals surface area contributed by atoms with E-state index < -0.39 is 0 Å². The van der Waals surface area contributed by atoms with Gasteiger partial charge in [0.1, 0.15) is 0 Å². The number of hydrogen-bond donors (Lipinski definition) is 1. The lowest BCUT2D eigenvalue weighted by molar-refractivity contribution is 0.184. The molecule has 2 atom stereocenters. The molecule has 3 heteroatoms. The van der Waals surface area contributed by atoms with Crippen LogP contribution < -0.4 is 5.32 Å². The summed E-state index contributed by atoms with van der Waals surface area (Å²) in [6.07, 6.45) is 5.28. The maximum Gasteiger partial charge on any atom is 0.0507 e. The molecule has 0 spiro atoms. The molecule has 2 aliphatic rings. The first kappa shape index (κ1) is 12.3. The Hall–Kier alpha value is -0.120. The van der Waals surface area contributed by atoms with E-state index >= 15 is 0 Å². The fourth-order valence-electron chi connectivity index (χ4n) is 2.75. The zero-order chi connectivity index (χ0) is 11.2. The van der Waals surface area contributed by atoms with Crippen LogP contribution in [0, 0.1) is 5.92 Å². The third kappa shape index (κ3) is 3.72. The van der Waals surface area contributed by atoms with E-state index in [9.17, 15) is 0 Å². The number of hydrogen-bond acceptors (Lipinski definition) is 3. The van der Waals surface area contributed by atoms with Gasteiger partial charge in [0.2, 0.25) is 0 Å². The first-order valence-corrected chi connectivity index (χ1v) is 6.92. The van der Waals surface area contributed by atoms with Crippen LogP contribution in [-0.4, -0.2) is 50.3 Å². The topological polar surface area (TPSA) is 24.5 Å². The zero-order valence-electron chi connectivity index (χ0n) is 10.6. The third-order valence-corrected chi connectivity index (χ3v) is 3.99. The number of nitrogens with zero attached hydrogens (tertiary/aromatic N) is 1. The van der Waals surface area contributed by atoms with Crippen LogP contribution in [-0.2, 0) is 4.74 Å². The number of ether oxygens (including phenoxy) is 1. The lowest BCUT2D eigenvalue weighted by atomic mass is 10.1. The Morgan fingerprint density at radius 1 is 1.25 bits per heavy atom. The number of nitrogens with one attached hydrogen (secondary N) is 1. The van der Waals surface area contributed by atoms with Gasteiger partial charge in [0, 0.05) is 19.2 Å². The molecule has 3 nitrogen and oxygen atoms in total. The Balaban J connectivity index is 1.65. The summed E-state index contributed by atoms with van der Waals surface area (Å²) >= 11 is 0. The van der Waals surface area contributed by atoms with Crippen molar-refractivity contribution in [2.75, 3.05) is 39.4 Å². The third-order valence-electron chi connectivity index (χ3n) is 3.99. The van der Waals surface area contributed by atoms with Crippen LogP contribution in [0.5, 0.6) is 0 Å². The minimum absolute atomic E-state index is 0.747. The predicted octanol–water partition coefficient (Wildman–Crippen LogP) is 1.49. The molecule has 0 saturated carbocycles. The summed E-state index contributed by atoms with van der Waals surface area (Å²) in [6, 6.07) is 0.747. The molecule has 2 heterocycles. The molecule has 94 valence electrons. The largest absolute Gasteiger partial charge is 0.381 e. The molecule has 0 aromatic rings. The molecule has 1 N–H and O–H groups in total. The summed E-state index contributed by atoms with van der Waals surface area (Å²) in [4.78, 5) is 2.57. The molecule has 2 rings (SSSR count). The van der Waals surface area contributed by atoms with Crippen molar-refractivity contribution in [1.29, 1.82) is 0 Å². The van der Waals surface area contributed by atoms with Gasteiger partial charge in [-0.2, -0.15) is 0 Å². The van der Waals surface area contributed by atoms with Crippen molar-refractivity contribution in [2.45, 2.75) is 38.6 Å². The maximum atomic E-state index is 5.41. The Bertz CT molecular complexity index is 192. The second kappa shape index (κ2) is 6.58. The fourth-order valence-corrected chi connectivity index (χ4v) is 2.75. The molecule has 16 heavy (non-hydrogen) atoms. The van der Waals surface area contributed by atoms with Crippen LogP contribution in [0.4, 0.5) is 0 Å². The summed E-state index contributed by atoms with van der Waals surface area (Å²) < 4.78 is 5.41. The predicted molar refractivity (Wildman–Crippen MR) is 66.7 cm³/mol. The lowest BCUT2D eigenvalue weighted by Gasteiger charge is -2.19. The highest BCUT2D eigenvalue weighted by Crippen LogP contribution is 2.14. The van der Waals surface area contributed by atoms with Crippen molar-refractivity contribution in [2.24, 2.45) is 5.92 Å². The average molecular weight is 226 g/mol. The van der Waals surface area contributed by atoms with Crippen LogP contribution in [0.3, 0.4) is 0 Å².